The maximum Gasteiger partial charge on any atom is 0.410 e. The van der Waals surface area contributed by atoms with Gasteiger partial charge in [0.25, 0.3) is 11.8 Å². The van der Waals surface area contributed by atoms with Crippen LogP contribution >= 0.6 is 24.4 Å². The number of thiocarbonyl (C=S) groups is 2. The van der Waals surface area contributed by atoms with Gasteiger partial charge in [0, 0.05) is 37.3 Å². The molecule has 1 N–H and O–H groups in total. The van der Waals surface area contributed by atoms with Gasteiger partial charge in [-0.1, -0.05) is 36.4 Å². The molecule has 1 aliphatic rings. The molecule has 0 atom stereocenters. The Hall–Kier alpha value is -3.46. The Morgan fingerprint density at radius 1 is 0.889 bits per heavy atom. The zero-order valence-electron chi connectivity index (χ0n) is 20.6. The smallest absolute Gasteiger partial charge is 0.410 e. The highest BCUT2D eigenvalue weighted by molar-refractivity contribution is 7.80. The second-order valence-electron chi connectivity index (χ2n) is 8.81. The molecule has 0 aromatic heterocycles. The fraction of sp³-hybridized carbons (Fsp3) is 0.346. The van der Waals surface area contributed by atoms with Crippen LogP contribution in [0.15, 0.2) is 65.7 Å². The molecule has 1 heterocycles. The lowest BCUT2D eigenvalue weighted by atomic mass is 10.2. The molecule has 0 spiro atoms. The largest absolute Gasteiger partial charge is 0.444 e. The molecule has 3 amide bonds. The Kier molecular flexibility index (Phi) is 11.3. The molecule has 0 unspecified atom stereocenters. The number of hydrogen-bond donors (Lipinski definition) is 1. The predicted molar refractivity (Wildman–Crippen MR) is 146 cm³/mol. The van der Waals surface area contributed by atoms with Gasteiger partial charge >= 0.3 is 6.09 Å². The summed E-state index contributed by atoms with van der Waals surface area (Å²) in [6, 6.07) is 17.7. The highest BCUT2D eigenvalue weighted by Crippen LogP contribution is 2.12. The minimum atomic E-state index is -0.512. The van der Waals surface area contributed by atoms with Gasteiger partial charge in [0.1, 0.15) is 5.60 Å². The first-order chi connectivity index (χ1) is 17.1. The van der Waals surface area contributed by atoms with Crippen LogP contribution in [0.1, 0.15) is 47.9 Å². The zero-order chi connectivity index (χ0) is 26.6. The maximum atomic E-state index is 12.2. The van der Waals surface area contributed by atoms with E-state index in [0.29, 0.717) is 42.4 Å². The molecule has 10 heteroatoms. The van der Waals surface area contributed by atoms with E-state index in [2.05, 4.69) is 22.5 Å². The summed E-state index contributed by atoms with van der Waals surface area (Å²) in [5, 5.41) is 5.17. The molecule has 0 bridgehead atoms. The highest BCUT2D eigenvalue weighted by Gasteiger charge is 2.25. The first-order valence-corrected chi connectivity index (χ1v) is 12.2. The molecule has 3 rings (SSSR count). The van der Waals surface area contributed by atoms with E-state index >= 15 is 0 Å². The third kappa shape index (κ3) is 10.0. The molecule has 2 aromatic carbocycles. The number of ether oxygens (including phenoxy) is 1. The van der Waals surface area contributed by atoms with Gasteiger partial charge in [-0.15, -0.1) is 0 Å². The number of rotatable bonds is 2. The number of carbonyl (C=O) groups is 3. The van der Waals surface area contributed by atoms with E-state index in [1.54, 1.807) is 41.3 Å². The summed E-state index contributed by atoms with van der Waals surface area (Å²) in [6.45, 7) is 7.92. The van der Waals surface area contributed by atoms with Gasteiger partial charge in [-0.3, -0.25) is 14.9 Å². The van der Waals surface area contributed by atoms with Crippen LogP contribution in [-0.4, -0.2) is 69.8 Å². The van der Waals surface area contributed by atoms with E-state index in [-0.39, 0.29) is 17.9 Å². The SMILES string of the molecule is CC(C)(C)OC(=O)N1CCCN(C(=S)NC(=O)c2ccccc2)CC1.O=C(N=C=S)c1ccccc1. The van der Waals surface area contributed by atoms with Crippen LogP contribution in [0, 0.1) is 0 Å². The third-order valence-electron chi connectivity index (χ3n) is 4.86. The minimum Gasteiger partial charge on any atom is -0.444 e. The molecule has 1 aliphatic heterocycles. The quantitative estimate of drug-likeness (QED) is 0.453. The van der Waals surface area contributed by atoms with Gasteiger partial charge in [0.15, 0.2) is 5.11 Å². The molecule has 8 nitrogen and oxygen atoms in total. The van der Waals surface area contributed by atoms with E-state index in [0.717, 1.165) is 6.42 Å². The molecule has 0 aliphatic carbocycles. The van der Waals surface area contributed by atoms with Crippen LogP contribution in [0.3, 0.4) is 0 Å². The van der Waals surface area contributed by atoms with Crippen molar-refractivity contribution in [2.24, 2.45) is 4.99 Å². The van der Waals surface area contributed by atoms with E-state index in [1.807, 2.05) is 55.1 Å². The number of carbonyl (C=O) groups excluding carboxylic acids is 3. The third-order valence-corrected chi connectivity index (χ3v) is 5.31. The summed E-state index contributed by atoms with van der Waals surface area (Å²) in [7, 11) is 0. The first-order valence-electron chi connectivity index (χ1n) is 11.4. The number of nitrogens with zero attached hydrogens (tertiary/aromatic N) is 3. The van der Waals surface area contributed by atoms with E-state index in [4.69, 9.17) is 17.0 Å². The molecular weight excluding hydrogens is 496 g/mol. The van der Waals surface area contributed by atoms with Crippen molar-refractivity contribution in [1.82, 2.24) is 15.1 Å². The number of amides is 3. The van der Waals surface area contributed by atoms with Gasteiger partial charge in [0.05, 0.1) is 5.16 Å². The number of benzene rings is 2. The normalized spacial score (nSPS) is 13.2. The molecule has 1 saturated heterocycles. The van der Waals surface area contributed by atoms with Crippen molar-refractivity contribution in [2.75, 3.05) is 26.2 Å². The molecule has 190 valence electrons. The van der Waals surface area contributed by atoms with E-state index in [9.17, 15) is 14.4 Å². The fourth-order valence-electron chi connectivity index (χ4n) is 3.15. The lowest BCUT2D eigenvalue weighted by Crippen LogP contribution is -2.45. The molecule has 2 aromatic rings. The average Bonchev–Trinajstić information content (AvgIpc) is 3.11. The number of isothiocyanates is 1. The Morgan fingerprint density at radius 2 is 1.42 bits per heavy atom. The van der Waals surface area contributed by atoms with E-state index in [1.165, 1.54) is 0 Å². The van der Waals surface area contributed by atoms with Gasteiger partial charge in [-0.2, -0.15) is 4.99 Å². The Bertz CT molecular complexity index is 1100. The van der Waals surface area contributed by atoms with Gasteiger partial charge in [-0.25, -0.2) is 4.79 Å². The van der Waals surface area contributed by atoms with Crippen molar-refractivity contribution in [1.29, 1.82) is 0 Å². The van der Waals surface area contributed by atoms with Crippen LogP contribution in [0.5, 0.6) is 0 Å². The second-order valence-corrected chi connectivity index (χ2v) is 9.38. The molecule has 0 radical (unpaired) electrons. The Labute approximate surface area is 222 Å². The van der Waals surface area contributed by atoms with Crippen LogP contribution in [0.4, 0.5) is 4.79 Å². The van der Waals surface area contributed by atoms with Crippen LogP contribution in [-0.2, 0) is 4.74 Å². The lowest BCUT2D eigenvalue weighted by Gasteiger charge is -2.27. The standard InChI is InChI=1S/C18H25N3O3S.C8H5NOS/c1-18(2,3)24-17(23)21-11-7-10-20(12-13-21)16(25)19-15(22)14-8-5-4-6-9-14;10-8(9-6-11)7-4-2-1-3-5-7/h4-6,8-9H,7,10-13H2,1-3H3,(H,19,22,25);1-5H. The van der Waals surface area contributed by atoms with Crippen molar-refractivity contribution in [3.05, 3.63) is 71.8 Å². The maximum absolute atomic E-state index is 12.2. The molecule has 36 heavy (non-hydrogen) atoms. The predicted octanol–water partition coefficient (Wildman–Crippen LogP) is 4.57. The van der Waals surface area contributed by atoms with Crippen LogP contribution in [0.2, 0.25) is 0 Å². The van der Waals surface area contributed by atoms with Crippen molar-refractivity contribution in [3.63, 3.8) is 0 Å². The number of hydrogen-bond acceptors (Lipinski definition) is 6. The van der Waals surface area contributed by atoms with Crippen molar-refractivity contribution >= 4 is 52.6 Å². The van der Waals surface area contributed by atoms with Crippen molar-refractivity contribution < 1.29 is 19.1 Å². The van der Waals surface area contributed by atoms with E-state index < -0.39 is 5.60 Å². The molecule has 1 fully saturated rings. The van der Waals surface area contributed by atoms with Gasteiger partial charge in [0.2, 0.25) is 0 Å². The summed E-state index contributed by atoms with van der Waals surface area (Å²) < 4.78 is 5.42. The van der Waals surface area contributed by atoms with Crippen molar-refractivity contribution in [3.8, 4) is 0 Å². The molecule has 0 saturated carbocycles. The average molecular weight is 527 g/mol. The Morgan fingerprint density at radius 3 is 1.97 bits per heavy atom. The topological polar surface area (TPSA) is 91.3 Å². The highest BCUT2D eigenvalue weighted by atomic mass is 32.1. The fourth-order valence-corrected chi connectivity index (χ4v) is 3.51. The Balaban J connectivity index is 0.000000346. The minimum absolute atomic E-state index is 0.223. The first kappa shape index (κ1) is 28.8. The summed E-state index contributed by atoms with van der Waals surface area (Å²) in [5.41, 5.74) is 0.585. The monoisotopic (exact) mass is 526 g/mol. The summed E-state index contributed by atoms with van der Waals surface area (Å²) in [6.07, 6.45) is 0.453. The summed E-state index contributed by atoms with van der Waals surface area (Å²) in [5.74, 6) is -0.570. The van der Waals surface area contributed by atoms with Gasteiger partial charge < -0.3 is 14.5 Å². The van der Waals surface area contributed by atoms with Crippen LogP contribution in [0.25, 0.3) is 0 Å². The second kappa shape index (κ2) is 14.2. The van der Waals surface area contributed by atoms with Crippen molar-refractivity contribution in [2.45, 2.75) is 32.8 Å². The number of nitrogens with one attached hydrogen (secondary N) is 1. The molecular formula is C26H30N4O4S2. The summed E-state index contributed by atoms with van der Waals surface area (Å²) in [4.78, 5) is 42.3. The van der Waals surface area contributed by atoms with Crippen LogP contribution < -0.4 is 5.32 Å². The van der Waals surface area contributed by atoms with Gasteiger partial charge in [-0.05, 0) is 75.9 Å². The lowest BCUT2D eigenvalue weighted by molar-refractivity contribution is 0.0259. The number of aliphatic imine (C=N–C) groups is 1. The summed E-state index contributed by atoms with van der Waals surface area (Å²) >= 11 is 9.65. The zero-order valence-corrected chi connectivity index (χ0v) is 22.2.